The van der Waals surface area contributed by atoms with Crippen LogP contribution in [0.4, 0.5) is 18.3 Å². The number of anilines is 1. The van der Waals surface area contributed by atoms with Gasteiger partial charge in [0.15, 0.2) is 16.9 Å². The molecule has 1 aromatic carbocycles. The zero-order chi connectivity index (χ0) is 27.4. The van der Waals surface area contributed by atoms with Crippen molar-refractivity contribution in [1.82, 2.24) is 20.5 Å². The molecule has 16 heteroatoms. The molecule has 38 heavy (non-hydrogen) atoms. The van der Waals surface area contributed by atoms with E-state index in [0.717, 1.165) is 11.3 Å². The summed E-state index contributed by atoms with van der Waals surface area (Å²) in [6, 6.07) is 6.15. The Morgan fingerprint density at radius 1 is 1.18 bits per heavy atom. The van der Waals surface area contributed by atoms with Gasteiger partial charge in [0, 0.05) is 11.6 Å². The molecule has 1 unspecified atom stereocenters. The van der Waals surface area contributed by atoms with Crippen molar-refractivity contribution in [3.05, 3.63) is 62.9 Å². The van der Waals surface area contributed by atoms with Crippen LogP contribution in [0.3, 0.4) is 0 Å². The lowest BCUT2D eigenvalue weighted by molar-refractivity contribution is -0.141. The van der Waals surface area contributed by atoms with Crippen molar-refractivity contribution in [3.8, 4) is 0 Å². The first-order valence-electron chi connectivity index (χ1n) is 10.5. The van der Waals surface area contributed by atoms with Crippen molar-refractivity contribution in [2.75, 3.05) is 5.32 Å². The maximum atomic E-state index is 13.6. The lowest BCUT2D eigenvalue weighted by Gasteiger charge is -2.10. The van der Waals surface area contributed by atoms with Gasteiger partial charge in [-0.25, -0.2) is 14.8 Å². The van der Waals surface area contributed by atoms with Gasteiger partial charge in [-0.2, -0.15) is 18.3 Å². The topological polar surface area (TPSA) is 166 Å². The van der Waals surface area contributed by atoms with E-state index in [0.29, 0.717) is 22.7 Å². The van der Waals surface area contributed by atoms with E-state index in [4.69, 9.17) is 0 Å². The van der Waals surface area contributed by atoms with Gasteiger partial charge in [-0.3, -0.25) is 19.5 Å². The molecule has 0 fully saturated rings. The number of nitrogens with one attached hydrogen (secondary N) is 3. The molecule has 0 saturated heterocycles. The van der Waals surface area contributed by atoms with Gasteiger partial charge in [-0.15, -0.1) is 11.3 Å². The number of aliphatic imine (C=N–C) groups is 1. The summed E-state index contributed by atoms with van der Waals surface area (Å²) in [6.45, 7) is 0. The minimum Gasteiger partial charge on any atom is -0.479 e. The molecule has 11 nitrogen and oxygen atoms in total. The van der Waals surface area contributed by atoms with Crippen LogP contribution >= 0.6 is 22.7 Å². The maximum absolute atomic E-state index is 13.6. The van der Waals surface area contributed by atoms with Crippen molar-refractivity contribution >= 4 is 68.6 Å². The van der Waals surface area contributed by atoms with E-state index < -0.39 is 51.6 Å². The number of alkyl halides is 3. The van der Waals surface area contributed by atoms with Crippen molar-refractivity contribution in [1.29, 1.82) is 0 Å². The second kappa shape index (κ2) is 10.9. The van der Waals surface area contributed by atoms with E-state index in [1.807, 2.05) is 5.32 Å². The SMILES string of the molecule is O=C(Cc1cccc2[nH]ncc12)Nc1nc(C(F)(F)F)c(C(=O)NC(C=NC(=O)c2cccs2)C(=O)O)s1. The molecule has 0 aliphatic rings. The smallest absolute Gasteiger partial charge is 0.435 e. The highest BCUT2D eigenvalue weighted by Crippen LogP contribution is 2.36. The molecule has 4 rings (SSSR count). The summed E-state index contributed by atoms with van der Waals surface area (Å²) in [5.41, 5.74) is -0.389. The number of thiophene rings is 1. The molecule has 4 aromatic rings. The fourth-order valence-electron chi connectivity index (χ4n) is 3.22. The Balaban J connectivity index is 1.51. The number of aromatic amines is 1. The number of carboxylic acids is 1. The number of benzene rings is 1. The van der Waals surface area contributed by atoms with Gasteiger partial charge in [0.1, 0.15) is 4.88 Å². The van der Waals surface area contributed by atoms with E-state index in [1.54, 1.807) is 29.6 Å². The first-order chi connectivity index (χ1) is 18.0. The fraction of sp³-hybridized carbons (Fsp3) is 0.136. The number of carboxylic acid groups (broad SMARTS) is 1. The number of hydrogen-bond donors (Lipinski definition) is 4. The van der Waals surface area contributed by atoms with Gasteiger partial charge in [0.25, 0.3) is 11.8 Å². The summed E-state index contributed by atoms with van der Waals surface area (Å²) in [5.74, 6) is -4.58. The average Bonchev–Trinajstić information content (AvgIpc) is 3.61. The highest BCUT2D eigenvalue weighted by molar-refractivity contribution is 7.17. The Morgan fingerprint density at radius 3 is 2.66 bits per heavy atom. The van der Waals surface area contributed by atoms with Gasteiger partial charge in [0.05, 0.1) is 23.0 Å². The van der Waals surface area contributed by atoms with Gasteiger partial charge in [-0.1, -0.05) is 29.5 Å². The highest BCUT2D eigenvalue weighted by Gasteiger charge is 2.40. The highest BCUT2D eigenvalue weighted by atomic mass is 32.1. The van der Waals surface area contributed by atoms with Crippen LogP contribution in [0.25, 0.3) is 10.9 Å². The molecule has 0 radical (unpaired) electrons. The third-order valence-corrected chi connectivity index (χ3v) is 6.73. The third kappa shape index (κ3) is 6.09. The molecule has 4 N–H and O–H groups in total. The standard InChI is InChI=1S/C22H15F3N6O5S2/c23-22(24,25)17-16(19(34)28-13(20(35)36)9-26-18(33)14-5-2-6-37-14)38-21(30-17)29-15(32)7-10-3-1-4-12-11(10)8-27-31-12/h1-6,8-9,13H,7H2,(H,27,31)(H,28,34)(H,35,36)(H,29,30,32). The zero-order valence-corrected chi connectivity index (χ0v) is 20.4. The van der Waals surface area contributed by atoms with E-state index in [9.17, 15) is 37.5 Å². The first kappa shape index (κ1) is 26.6. The summed E-state index contributed by atoms with van der Waals surface area (Å²) < 4.78 is 40.8. The molecule has 0 saturated carbocycles. The minimum atomic E-state index is -5.09. The Kier molecular flexibility index (Phi) is 7.63. The average molecular weight is 565 g/mol. The van der Waals surface area contributed by atoms with Crippen LogP contribution in [0.15, 0.2) is 46.9 Å². The van der Waals surface area contributed by atoms with E-state index in [-0.39, 0.29) is 22.6 Å². The molecule has 3 heterocycles. The Labute approximate surface area is 218 Å². The molecule has 0 aliphatic carbocycles. The molecular formula is C22H15F3N6O5S2. The lowest BCUT2D eigenvalue weighted by atomic mass is 10.1. The monoisotopic (exact) mass is 564 g/mol. The lowest BCUT2D eigenvalue weighted by Crippen LogP contribution is -2.42. The van der Waals surface area contributed by atoms with Crippen LogP contribution in [-0.2, 0) is 22.2 Å². The number of amides is 3. The van der Waals surface area contributed by atoms with Crippen LogP contribution in [0.2, 0.25) is 0 Å². The number of thiazole rings is 1. The molecular weight excluding hydrogens is 549 g/mol. The summed E-state index contributed by atoms with van der Waals surface area (Å²) in [5, 5.41) is 21.8. The largest absolute Gasteiger partial charge is 0.479 e. The summed E-state index contributed by atoms with van der Waals surface area (Å²) in [4.78, 5) is 54.7. The van der Waals surface area contributed by atoms with Crippen molar-refractivity contribution in [3.63, 3.8) is 0 Å². The number of nitrogens with zero attached hydrogens (tertiary/aromatic N) is 3. The summed E-state index contributed by atoms with van der Waals surface area (Å²) in [7, 11) is 0. The van der Waals surface area contributed by atoms with E-state index in [2.05, 4.69) is 25.5 Å². The maximum Gasteiger partial charge on any atom is 0.435 e. The number of carbonyl (C=O) groups is 4. The normalized spacial score (nSPS) is 12.5. The second-order valence-electron chi connectivity index (χ2n) is 7.52. The van der Waals surface area contributed by atoms with Gasteiger partial charge in [-0.05, 0) is 23.1 Å². The number of aromatic nitrogens is 3. The number of fused-ring (bicyclic) bond motifs is 1. The molecule has 196 valence electrons. The molecule has 0 bridgehead atoms. The molecule has 3 aromatic heterocycles. The quantitative estimate of drug-likeness (QED) is 0.238. The molecule has 3 amide bonds. The van der Waals surface area contributed by atoms with Gasteiger partial charge in [0.2, 0.25) is 5.91 Å². The van der Waals surface area contributed by atoms with Gasteiger partial charge >= 0.3 is 12.1 Å². The number of H-pyrrole nitrogens is 1. The molecule has 0 spiro atoms. The Bertz CT molecular complexity index is 1540. The second-order valence-corrected chi connectivity index (χ2v) is 9.46. The first-order valence-corrected chi connectivity index (χ1v) is 12.2. The summed E-state index contributed by atoms with van der Waals surface area (Å²) >= 11 is 1.26. The summed E-state index contributed by atoms with van der Waals surface area (Å²) in [6.07, 6.45) is -3.19. The third-order valence-electron chi connectivity index (χ3n) is 4.90. The van der Waals surface area contributed by atoms with Crippen molar-refractivity contribution < 1.29 is 37.5 Å². The number of aliphatic carboxylic acids is 1. The number of carbonyl (C=O) groups excluding carboxylic acids is 3. The number of halogens is 3. The Morgan fingerprint density at radius 2 is 1.97 bits per heavy atom. The zero-order valence-electron chi connectivity index (χ0n) is 18.8. The van der Waals surface area contributed by atoms with Crippen LogP contribution in [-0.4, -0.2) is 56.2 Å². The van der Waals surface area contributed by atoms with Crippen LogP contribution in [0, 0.1) is 0 Å². The van der Waals surface area contributed by atoms with Crippen molar-refractivity contribution in [2.24, 2.45) is 4.99 Å². The van der Waals surface area contributed by atoms with E-state index >= 15 is 0 Å². The minimum absolute atomic E-state index is 0.197. The fourth-order valence-corrected chi connectivity index (χ4v) is 4.73. The van der Waals surface area contributed by atoms with Crippen molar-refractivity contribution in [2.45, 2.75) is 18.6 Å². The predicted octanol–water partition coefficient (Wildman–Crippen LogP) is 3.38. The van der Waals surface area contributed by atoms with Crippen LogP contribution < -0.4 is 10.6 Å². The molecule has 1 atom stereocenters. The van der Waals surface area contributed by atoms with E-state index in [1.165, 1.54) is 12.3 Å². The van der Waals surface area contributed by atoms with Crippen LogP contribution in [0.5, 0.6) is 0 Å². The predicted molar refractivity (Wildman–Crippen MR) is 132 cm³/mol. The Hall–Kier alpha value is -4.44. The van der Waals surface area contributed by atoms with Crippen LogP contribution in [0.1, 0.15) is 30.6 Å². The number of hydrogen-bond acceptors (Lipinski definition) is 8. The molecule has 0 aliphatic heterocycles. The number of rotatable bonds is 8. The van der Waals surface area contributed by atoms with Gasteiger partial charge < -0.3 is 15.7 Å².